The molecule has 0 amide bonds. The van der Waals surface area contributed by atoms with E-state index in [1.807, 2.05) is 0 Å². The Hall–Kier alpha value is -0.570. The van der Waals surface area contributed by atoms with Crippen molar-refractivity contribution in [2.75, 3.05) is 6.61 Å². The van der Waals surface area contributed by atoms with Crippen molar-refractivity contribution < 1.29 is 14.3 Å². The van der Waals surface area contributed by atoms with Crippen molar-refractivity contribution in [3.63, 3.8) is 0 Å². The van der Waals surface area contributed by atoms with E-state index in [-0.39, 0.29) is 12.1 Å². The van der Waals surface area contributed by atoms with Crippen LogP contribution in [0, 0.1) is 58.2 Å². The van der Waals surface area contributed by atoms with Crippen molar-refractivity contribution in [2.24, 2.45) is 58.2 Å². The Balaban J connectivity index is 1.25. The Morgan fingerprint density at radius 3 is 2.49 bits per heavy atom. The molecule has 1 heterocycles. The summed E-state index contributed by atoms with van der Waals surface area (Å²) in [4.78, 5) is 11.3. The topological polar surface area (TPSA) is 35.5 Å². The first-order valence-corrected chi connectivity index (χ1v) is 15.4. The summed E-state index contributed by atoms with van der Waals surface area (Å²) in [6.45, 7) is 14.7. The molecule has 0 aromatic heterocycles. The molecule has 0 N–H and O–H groups in total. The molecule has 0 radical (unpaired) electrons. The van der Waals surface area contributed by atoms with Gasteiger partial charge in [0, 0.05) is 6.92 Å². The first kappa shape index (κ1) is 26.1. The molecular formula is C32H54O3. The van der Waals surface area contributed by atoms with Crippen LogP contribution in [0.5, 0.6) is 0 Å². The van der Waals surface area contributed by atoms with Gasteiger partial charge in [0.15, 0.2) is 0 Å². The van der Waals surface area contributed by atoms with Gasteiger partial charge >= 0.3 is 5.97 Å². The van der Waals surface area contributed by atoms with Gasteiger partial charge in [-0.3, -0.25) is 4.79 Å². The van der Waals surface area contributed by atoms with Crippen LogP contribution in [0.2, 0.25) is 0 Å². The molecule has 0 aromatic carbocycles. The monoisotopic (exact) mass is 486 g/mol. The maximum atomic E-state index is 11.3. The number of esters is 1. The van der Waals surface area contributed by atoms with Gasteiger partial charge in [-0.25, -0.2) is 0 Å². The number of ether oxygens (including phenoxy) is 2. The highest BCUT2D eigenvalue weighted by molar-refractivity contribution is 5.65. The molecule has 0 bridgehead atoms. The fourth-order valence-electron chi connectivity index (χ4n) is 10.8. The molecule has 1 aliphatic heterocycles. The predicted octanol–water partition coefficient (Wildman–Crippen LogP) is 8.05. The Labute approximate surface area is 215 Å². The van der Waals surface area contributed by atoms with Crippen molar-refractivity contribution in [1.82, 2.24) is 0 Å². The predicted molar refractivity (Wildman–Crippen MR) is 142 cm³/mol. The summed E-state index contributed by atoms with van der Waals surface area (Å²) >= 11 is 0. The number of carbonyl (C=O) groups is 1. The highest BCUT2D eigenvalue weighted by atomic mass is 16.6. The van der Waals surface area contributed by atoms with Gasteiger partial charge in [0.1, 0.15) is 6.61 Å². The van der Waals surface area contributed by atoms with Crippen LogP contribution in [0.3, 0.4) is 0 Å². The molecule has 200 valence electrons. The summed E-state index contributed by atoms with van der Waals surface area (Å²) in [5, 5.41) is 0. The first-order valence-electron chi connectivity index (χ1n) is 15.4. The average molecular weight is 487 g/mol. The number of carbonyl (C=O) groups excluding carboxylic acids is 1. The SMILES string of the molecule is CC(=O)OC[C@H]1C[C@@H]2C[C@@]3(C)[C@@H](CC[C@@H]4[C@@H]3CC[C@]3(C)[C@@H]([C@H](C)CCCC(C)C)CC[C@@H]43)C[C@H]2O1. The minimum absolute atomic E-state index is 0.121. The zero-order chi connectivity index (χ0) is 25.0. The van der Waals surface area contributed by atoms with Crippen LogP contribution in [0.25, 0.3) is 0 Å². The summed E-state index contributed by atoms with van der Waals surface area (Å²) in [5.41, 5.74) is 1.08. The lowest BCUT2D eigenvalue weighted by Gasteiger charge is -2.62. The van der Waals surface area contributed by atoms with Crippen molar-refractivity contribution in [2.45, 2.75) is 131 Å². The minimum Gasteiger partial charge on any atom is -0.463 e. The van der Waals surface area contributed by atoms with Crippen molar-refractivity contribution in [3.8, 4) is 0 Å². The van der Waals surface area contributed by atoms with E-state index in [0.29, 0.717) is 29.5 Å². The summed E-state index contributed by atoms with van der Waals surface area (Å²) in [7, 11) is 0. The molecule has 5 aliphatic rings. The Morgan fingerprint density at radius 1 is 0.971 bits per heavy atom. The average Bonchev–Trinajstić information content (AvgIpc) is 3.34. The summed E-state index contributed by atoms with van der Waals surface area (Å²) in [6.07, 6.45) is 17.3. The van der Waals surface area contributed by atoms with Gasteiger partial charge in [-0.05, 0) is 116 Å². The molecule has 0 spiro atoms. The summed E-state index contributed by atoms with van der Waals surface area (Å²) < 4.78 is 11.8. The summed E-state index contributed by atoms with van der Waals surface area (Å²) in [5.74, 6) is 6.85. The van der Waals surface area contributed by atoms with Crippen molar-refractivity contribution in [1.29, 1.82) is 0 Å². The molecule has 3 nitrogen and oxygen atoms in total. The number of rotatable bonds is 7. The van der Waals surface area contributed by atoms with Gasteiger partial charge in [-0.1, -0.05) is 53.9 Å². The molecule has 4 aliphatic carbocycles. The zero-order valence-corrected chi connectivity index (χ0v) is 23.7. The third-order valence-electron chi connectivity index (χ3n) is 12.4. The Kier molecular flexibility index (Phi) is 7.41. The third-order valence-corrected chi connectivity index (χ3v) is 12.4. The van der Waals surface area contributed by atoms with Crippen LogP contribution in [-0.2, 0) is 14.3 Å². The van der Waals surface area contributed by atoms with E-state index in [1.165, 1.54) is 77.6 Å². The molecule has 35 heavy (non-hydrogen) atoms. The van der Waals surface area contributed by atoms with Gasteiger partial charge in [-0.2, -0.15) is 0 Å². The maximum Gasteiger partial charge on any atom is 0.302 e. The molecule has 1 saturated heterocycles. The van der Waals surface area contributed by atoms with Gasteiger partial charge < -0.3 is 9.47 Å². The second-order valence-electron chi connectivity index (χ2n) is 14.7. The van der Waals surface area contributed by atoms with Crippen molar-refractivity contribution >= 4 is 5.97 Å². The molecule has 11 atom stereocenters. The molecule has 3 heteroatoms. The first-order chi connectivity index (χ1) is 16.6. The van der Waals surface area contributed by atoms with E-state index < -0.39 is 0 Å². The van der Waals surface area contributed by atoms with E-state index in [0.717, 1.165) is 47.8 Å². The van der Waals surface area contributed by atoms with Gasteiger partial charge in [-0.15, -0.1) is 0 Å². The van der Waals surface area contributed by atoms with Crippen LogP contribution in [0.4, 0.5) is 0 Å². The van der Waals surface area contributed by atoms with Gasteiger partial charge in [0.2, 0.25) is 0 Å². The van der Waals surface area contributed by atoms with Crippen LogP contribution < -0.4 is 0 Å². The Morgan fingerprint density at radius 2 is 1.74 bits per heavy atom. The molecule has 5 rings (SSSR count). The van der Waals surface area contributed by atoms with E-state index in [1.54, 1.807) is 0 Å². The fourth-order valence-corrected chi connectivity index (χ4v) is 10.8. The van der Waals surface area contributed by atoms with E-state index in [2.05, 4.69) is 34.6 Å². The Bertz CT molecular complexity index is 762. The molecule has 0 aromatic rings. The maximum absolute atomic E-state index is 11.3. The standard InChI is InChI=1S/C32H54O3/c1-20(2)8-7-9-21(3)27-12-13-28-26-11-10-24-17-30-23(16-25(35-30)19-34-22(4)33)18-32(24,6)29(26)14-15-31(27,28)5/h20-21,23-30H,7-19H2,1-6H3/t21-,23-,24+,25-,26+,27-,28+,29+,30-,31-,32+/m1/s1. The fraction of sp³-hybridized carbons (Fsp3) is 0.969. The second kappa shape index (κ2) is 9.95. The van der Waals surface area contributed by atoms with Crippen LogP contribution in [-0.4, -0.2) is 24.8 Å². The lowest BCUT2D eigenvalue weighted by atomic mass is 9.43. The minimum atomic E-state index is -0.179. The largest absolute Gasteiger partial charge is 0.463 e. The number of hydrogen-bond acceptors (Lipinski definition) is 3. The van der Waals surface area contributed by atoms with E-state index >= 15 is 0 Å². The normalized spacial score (nSPS) is 47.5. The van der Waals surface area contributed by atoms with Gasteiger partial charge in [0.05, 0.1) is 12.2 Å². The summed E-state index contributed by atoms with van der Waals surface area (Å²) in [6, 6.07) is 0. The highest BCUT2D eigenvalue weighted by Gasteiger charge is 2.62. The van der Waals surface area contributed by atoms with Crippen LogP contribution in [0.15, 0.2) is 0 Å². The van der Waals surface area contributed by atoms with Crippen molar-refractivity contribution in [3.05, 3.63) is 0 Å². The number of hydrogen-bond donors (Lipinski definition) is 0. The lowest BCUT2D eigenvalue weighted by Crippen LogP contribution is -2.55. The number of fused-ring (bicyclic) bond motifs is 6. The van der Waals surface area contributed by atoms with E-state index in [4.69, 9.17) is 9.47 Å². The highest BCUT2D eigenvalue weighted by Crippen LogP contribution is 2.69. The third kappa shape index (κ3) is 4.74. The molecule has 4 saturated carbocycles. The molecule has 0 unspecified atom stereocenters. The quantitative estimate of drug-likeness (QED) is 0.341. The van der Waals surface area contributed by atoms with Crippen LogP contribution >= 0.6 is 0 Å². The van der Waals surface area contributed by atoms with Crippen LogP contribution in [0.1, 0.15) is 119 Å². The molecular weight excluding hydrogens is 432 g/mol. The smallest absolute Gasteiger partial charge is 0.302 e. The second-order valence-corrected chi connectivity index (χ2v) is 14.7. The van der Waals surface area contributed by atoms with Gasteiger partial charge in [0.25, 0.3) is 0 Å². The lowest BCUT2D eigenvalue weighted by molar-refractivity contribution is -0.149. The van der Waals surface area contributed by atoms with E-state index in [9.17, 15) is 4.79 Å². The molecule has 5 fully saturated rings. The zero-order valence-electron chi connectivity index (χ0n) is 23.7.